The van der Waals surface area contributed by atoms with Gasteiger partial charge in [0.25, 0.3) is 0 Å². The molecule has 0 fully saturated rings. The summed E-state index contributed by atoms with van der Waals surface area (Å²) in [5.74, 6) is 0.00136. The fourth-order valence-electron chi connectivity index (χ4n) is 0.552. The normalized spacial score (nSPS) is 10.6. The van der Waals surface area contributed by atoms with E-state index in [0.717, 1.165) is 0 Å². The Bertz CT molecular complexity index is 323. The van der Waals surface area contributed by atoms with E-state index < -0.39 is 0 Å². The van der Waals surface area contributed by atoms with Gasteiger partial charge in [-0.3, -0.25) is 4.79 Å². The number of nitrogens with zero attached hydrogens (tertiary/aromatic N) is 2. The van der Waals surface area contributed by atoms with Crippen LogP contribution in [0.5, 0.6) is 0 Å². The van der Waals surface area contributed by atoms with E-state index in [4.69, 9.17) is 11.6 Å². The van der Waals surface area contributed by atoms with E-state index in [1.54, 1.807) is 5.41 Å². The minimum atomic E-state index is 0.00136. The molecule has 68 valence electrons. The highest BCUT2D eigenvalue weighted by Crippen LogP contribution is 2.14. The molecule has 0 bridgehead atoms. The van der Waals surface area contributed by atoms with Crippen LogP contribution in [0.25, 0.3) is 0 Å². The summed E-state index contributed by atoms with van der Waals surface area (Å²) in [5, 5.41) is 2.72. The number of hydrogen-bond acceptors (Lipinski definition) is 4. The number of carbonyl (C=O) groups excluding carboxylic acids is 1. The van der Waals surface area contributed by atoms with Crippen LogP contribution < -0.4 is 0 Å². The molecule has 1 aromatic heterocycles. The maximum Gasteiger partial charge on any atom is 0.191 e. The van der Waals surface area contributed by atoms with Gasteiger partial charge in [-0.2, -0.15) is 0 Å². The molecule has 0 N–H and O–H groups in total. The minimum absolute atomic E-state index is 0.00136. The highest BCUT2D eigenvalue weighted by molar-refractivity contribution is 8.02. The van der Waals surface area contributed by atoms with Crippen molar-refractivity contribution >= 4 is 29.1 Å². The minimum Gasteiger partial charge on any atom is -0.295 e. The monoisotopic (exact) mass is 214 g/mol. The smallest absolute Gasteiger partial charge is 0.191 e. The molecule has 0 unspecified atom stereocenters. The van der Waals surface area contributed by atoms with Crippen LogP contribution in [-0.4, -0.2) is 15.8 Å². The predicted molar refractivity (Wildman–Crippen MR) is 52.7 cm³/mol. The molecule has 0 aliphatic rings. The molecule has 0 radical (unpaired) electrons. The lowest BCUT2D eigenvalue weighted by Crippen LogP contribution is -1.83. The van der Waals surface area contributed by atoms with Crippen LogP contribution in [-0.2, 0) is 4.79 Å². The fraction of sp³-hybridized carbons (Fsp3) is 0.125. The topological polar surface area (TPSA) is 42.9 Å². The molecular weight excluding hydrogens is 208 g/mol. The van der Waals surface area contributed by atoms with Crippen LogP contribution in [0.4, 0.5) is 0 Å². The molecular formula is C8H7ClN2OS. The number of allylic oxidation sites excluding steroid dienone is 1. The quantitative estimate of drug-likeness (QED) is 0.440. The van der Waals surface area contributed by atoms with E-state index in [0.29, 0.717) is 10.2 Å². The van der Waals surface area contributed by atoms with E-state index in [1.807, 2.05) is 0 Å². The van der Waals surface area contributed by atoms with Crippen LogP contribution >= 0.6 is 23.4 Å². The Balaban J connectivity index is 2.55. The first-order chi connectivity index (χ1) is 6.18. The molecule has 1 rings (SSSR count). The number of carbonyl (C=O) groups is 1. The Morgan fingerprint density at radius 3 is 2.69 bits per heavy atom. The summed E-state index contributed by atoms with van der Waals surface area (Å²) < 4.78 is 0. The molecule has 0 atom stereocenters. The molecule has 1 aromatic rings. The summed E-state index contributed by atoms with van der Waals surface area (Å²) in [7, 11) is 0. The van der Waals surface area contributed by atoms with Crippen LogP contribution in [0.1, 0.15) is 6.92 Å². The lowest BCUT2D eigenvalue weighted by Gasteiger charge is -1.92. The van der Waals surface area contributed by atoms with E-state index in [1.165, 1.54) is 37.2 Å². The first-order valence-corrected chi connectivity index (χ1v) is 4.75. The Morgan fingerprint density at radius 1 is 1.54 bits per heavy atom. The summed E-state index contributed by atoms with van der Waals surface area (Å²) in [4.78, 5) is 18.4. The van der Waals surface area contributed by atoms with Crippen molar-refractivity contribution in [3.05, 3.63) is 28.9 Å². The van der Waals surface area contributed by atoms with Gasteiger partial charge < -0.3 is 0 Å². The third kappa shape index (κ3) is 4.05. The standard InChI is InChI=1S/C8H7ClN2OS/c1-6(12)2-3-13-8-10-4-7(9)5-11-8/h2-5H,1H3/b3-2+. The number of halogens is 1. The highest BCUT2D eigenvalue weighted by Gasteiger charge is 1.93. The molecule has 3 nitrogen and oxygen atoms in total. The maximum atomic E-state index is 10.5. The van der Waals surface area contributed by atoms with E-state index in [2.05, 4.69) is 9.97 Å². The zero-order valence-corrected chi connectivity index (χ0v) is 8.47. The SMILES string of the molecule is CC(=O)/C=C/Sc1ncc(Cl)cn1. The molecule has 0 aromatic carbocycles. The number of aromatic nitrogens is 2. The molecule has 0 saturated heterocycles. The Labute approximate surface area is 85.2 Å². The van der Waals surface area contributed by atoms with E-state index in [-0.39, 0.29) is 5.78 Å². The lowest BCUT2D eigenvalue weighted by molar-refractivity contribution is -0.112. The first kappa shape index (κ1) is 10.2. The van der Waals surface area contributed by atoms with Crippen molar-refractivity contribution in [2.75, 3.05) is 0 Å². The third-order valence-corrected chi connectivity index (χ3v) is 1.96. The van der Waals surface area contributed by atoms with Crippen molar-refractivity contribution < 1.29 is 4.79 Å². The fourth-order valence-corrected chi connectivity index (χ4v) is 1.26. The second-order valence-electron chi connectivity index (χ2n) is 2.22. The number of hydrogen-bond donors (Lipinski definition) is 0. The highest BCUT2D eigenvalue weighted by atomic mass is 35.5. The second-order valence-corrected chi connectivity index (χ2v) is 3.52. The van der Waals surface area contributed by atoms with Crippen molar-refractivity contribution in [1.29, 1.82) is 0 Å². The zero-order chi connectivity index (χ0) is 9.68. The molecule has 0 saturated carbocycles. The average molecular weight is 215 g/mol. The second kappa shape index (κ2) is 4.99. The summed E-state index contributed by atoms with van der Waals surface area (Å²) in [6.45, 7) is 1.49. The van der Waals surface area contributed by atoms with Gasteiger partial charge in [-0.15, -0.1) is 0 Å². The van der Waals surface area contributed by atoms with Crippen molar-refractivity contribution in [3.63, 3.8) is 0 Å². The van der Waals surface area contributed by atoms with Gasteiger partial charge in [0.1, 0.15) is 0 Å². The van der Waals surface area contributed by atoms with Crippen LogP contribution in [0.15, 0.2) is 29.0 Å². The van der Waals surface area contributed by atoms with Gasteiger partial charge in [-0.1, -0.05) is 23.4 Å². The predicted octanol–water partition coefficient (Wildman–Crippen LogP) is 2.32. The van der Waals surface area contributed by atoms with Gasteiger partial charge in [0.2, 0.25) is 0 Å². The largest absolute Gasteiger partial charge is 0.295 e. The summed E-state index contributed by atoms with van der Waals surface area (Å²) in [5.41, 5.74) is 0. The summed E-state index contributed by atoms with van der Waals surface area (Å²) >= 11 is 6.86. The number of rotatable bonds is 3. The van der Waals surface area contributed by atoms with Crippen molar-refractivity contribution in [1.82, 2.24) is 9.97 Å². The average Bonchev–Trinajstić information content (AvgIpc) is 2.08. The lowest BCUT2D eigenvalue weighted by atomic mass is 10.5. The molecule has 5 heteroatoms. The van der Waals surface area contributed by atoms with Gasteiger partial charge >= 0.3 is 0 Å². The Kier molecular flexibility index (Phi) is 3.92. The molecule has 0 amide bonds. The van der Waals surface area contributed by atoms with Crippen LogP contribution in [0.3, 0.4) is 0 Å². The Morgan fingerprint density at radius 2 is 2.15 bits per heavy atom. The van der Waals surface area contributed by atoms with Gasteiger partial charge in [0.05, 0.1) is 17.4 Å². The van der Waals surface area contributed by atoms with Crippen molar-refractivity contribution in [2.45, 2.75) is 12.1 Å². The summed E-state index contributed by atoms with van der Waals surface area (Å²) in [6, 6.07) is 0. The number of thioether (sulfide) groups is 1. The van der Waals surface area contributed by atoms with Crippen LogP contribution in [0.2, 0.25) is 5.02 Å². The number of ketones is 1. The van der Waals surface area contributed by atoms with Gasteiger partial charge in [-0.05, 0) is 18.4 Å². The van der Waals surface area contributed by atoms with Gasteiger partial charge in [0.15, 0.2) is 10.9 Å². The Hall–Kier alpha value is -0.870. The van der Waals surface area contributed by atoms with E-state index in [9.17, 15) is 4.79 Å². The molecule has 0 aliphatic heterocycles. The maximum absolute atomic E-state index is 10.5. The van der Waals surface area contributed by atoms with Gasteiger partial charge in [-0.25, -0.2) is 9.97 Å². The summed E-state index contributed by atoms with van der Waals surface area (Å²) in [6.07, 6.45) is 4.49. The zero-order valence-electron chi connectivity index (χ0n) is 6.90. The van der Waals surface area contributed by atoms with E-state index >= 15 is 0 Å². The van der Waals surface area contributed by atoms with Crippen LogP contribution in [0, 0.1) is 0 Å². The van der Waals surface area contributed by atoms with Crippen molar-refractivity contribution in [3.8, 4) is 0 Å². The first-order valence-electron chi connectivity index (χ1n) is 3.50. The third-order valence-electron chi connectivity index (χ3n) is 1.07. The molecule has 0 aliphatic carbocycles. The van der Waals surface area contributed by atoms with Gasteiger partial charge in [0, 0.05) is 0 Å². The molecule has 0 spiro atoms. The van der Waals surface area contributed by atoms with Crippen molar-refractivity contribution in [2.24, 2.45) is 0 Å². The molecule has 1 heterocycles. The molecule has 13 heavy (non-hydrogen) atoms.